The van der Waals surface area contributed by atoms with Crippen LogP contribution in [-0.4, -0.2) is 9.66 Å². The molecule has 0 spiro atoms. The summed E-state index contributed by atoms with van der Waals surface area (Å²) in [4.78, 5) is 4.51. The second-order valence-corrected chi connectivity index (χ2v) is 5.75. The Hall–Kier alpha value is -1.81. The zero-order valence-electron chi connectivity index (χ0n) is 11.5. The molecule has 0 aliphatic heterocycles. The number of rotatable bonds is 3. The second-order valence-electron chi connectivity index (χ2n) is 4.89. The Morgan fingerprint density at radius 3 is 2.60 bits per heavy atom. The number of pyridine rings is 1. The normalized spacial score (nSPS) is 10.9. The third-order valence-electron chi connectivity index (χ3n) is 3.50. The number of nitrogens with zero attached hydrogens (tertiary/aromatic N) is 2. The highest BCUT2D eigenvalue weighted by Crippen LogP contribution is 2.25. The molecule has 0 bridgehead atoms. The summed E-state index contributed by atoms with van der Waals surface area (Å²) in [6.45, 7) is 4.94. The maximum atomic E-state index is 4.51. The summed E-state index contributed by atoms with van der Waals surface area (Å²) in [5, 5.41) is 1.15. The fraction of sp³-hybridized carbons (Fsp3) is 0.188. The van der Waals surface area contributed by atoms with Crippen LogP contribution in [0.1, 0.15) is 17.0 Å². The Morgan fingerprint density at radius 2 is 1.85 bits per heavy atom. The van der Waals surface area contributed by atoms with Gasteiger partial charge in [-0.15, -0.1) is 0 Å². The standard InChI is InChI=1S/C16H16BrN3/c1-11-5-6-12(2)20(11)19-10-13-7-8-15(17)14-4-3-9-18-16(13)14/h3-9,19H,10H2,1-2H3. The van der Waals surface area contributed by atoms with Gasteiger partial charge >= 0.3 is 0 Å². The van der Waals surface area contributed by atoms with Gasteiger partial charge in [0.05, 0.1) is 12.1 Å². The molecule has 0 amide bonds. The summed E-state index contributed by atoms with van der Waals surface area (Å²) >= 11 is 3.58. The highest BCUT2D eigenvalue weighted by molar-refractivity contribution is 9.10. The Bertz CT molecular complexity index is 742. The molecule has 3 nitrogen and oxygen atoms in total. The van der Waals surface area contributed by atoms with Gasteiger partial charge in [0.2, 0.25) is 0 Å². The number of benzene rings is 1. The van der Waals surface area contributed by atoms with Crippen LogP contribution in [0.3, 0.4) is 0 Å². The number of fused-ring (bicyclic) bond motifs is 1. The van der Waals surface area contributed by atoms with Gasteiger partial charge in [-0.3, -0.25) is 9.66 Å². The number of aromatic nitrogens is 2. The van der Waals surface area contributed by atoms with Gasteiger partial charge in [0, 0.05) is 27.4 Å². The van der Waals surface area contributed by atoms with Gasteiger partial charge in [0.1, 0.15) is 0 Å². The third-order valence-corrected chi connectivity index (χ3v) is 4.19. The molecule has 1 N–H and O–H groups in total. The Labute approximate surface area is 126 Å². The fourth-order valence-corrected chi connectivity index (χ4v) is 2.87. The van der Waals surface area contributed by atoms with Crippen molar-refractivity contribution in [3.05, 3.63) is 64.0 Å². The first kappa shape index (κ1) is 13.2. The Balaban J connectivity index is 1.94. The monoisotopic (exact) mass is 329 g/mol. The molecule has 3 aromatic rings. The van der Waals surface area contributed by atoms with Crippen LogP contribution in [0.5, 0.6) is 0 Å². The average molecular weight is 330 g/mol. The molecule has 3 rings (SSSR count). The van der Waals surface area contributed by atoms with E-state index in [0.29, 0.717) is 0 Å². The maximum absolute atomic E-state index is 4.51. The number of hydrogen-bond acceptors (Lipinski definition) is 2. The van der Waals surface area contributed by atoms with E-state index in [0.717, 1.165) is 21.9 Å². The topological polar surface area (TPSA) is 29.9 Å². The average Bonchev–Trinajstić information content (AvgIpc) is 2.78. The zero-order chi connectivity index (χ0) is 14.1. The molecule has 0 fully saturated rings. The molecule has 0 aliphatic carbocycles. The van der Waals surface area contributed by atoms with Crippen LogP contribution in [-0.2, 0) is 6.54 Å². The van der Waals surface area contributed by atoms with E-state index < -0.39 is 0 Å². The van der Waals surface area contributed by atoms with Gasteiger partial charge in [0.15, 0.2) is 0 Å². The first-order chi connectivity index (χ1) is 9.66. The van der Waals surface area contributed by atoms with Crippen LogP contribution in [0.25, 0.3) is 10.9 Å². The molecular formula is C16H16BrN3. The minimum Gasteiger partial charge on any atom is -0.321 e. The summed E-state index contributed by atoms with van der Waals surface area (Å²) in [5.74, 6) is 0. The zero-order valence-corrected chi connectivity index (χ0v) is 13.1. The van der Waals surface area contributed by atoms with E-state index in [1.54, 1.807) is 0 Å². The highest BCUT2D eigenvalue weighted by atomic mass is 79.9. The molecule has 0 aliphatic rings. The van der Waals surface area contributed by atoms with Crippen LogP contribution in [0.15, 0.2) is 47.1 Å². The van der Waals surface area contributed by atoms with Gasteiger partial charge in [0.25, 0.3) is 0 Å². The predicted octanol–water partition coefficient (Wildman–Crippen LogP) is 4.16. The third kappa shape index (κ3) is 2.31. The first-order valence-electron chi connectivity index (χ1n) is 6.58. The van der Waals surface area contributed by atoms with Crippen LogP contribution in [0, 0.1) is 13.8 Å². The van der Waals surface area contributed by atoms with Crippen molar-refractivity contribution in [3.63, 3.8) is 0 Å². The van der Waals surface area contributed by atoms with Gasteiger partial charge in [-0.1, -0.05) is 28.1 Å². The molecule has 2 aromatic heterocycles. The Kier molecular flexibility index (Phi) is 3.49. The smallest absolute Gasteiger partial charge is 0.0763 e. The number of hydrogen-bond donors (Lipinski definition) is 1. The SMILES string of the molecule is Cc1ccc(C)n1NCc1ccc(Br)c2cccnc12. The van der Waals surface area contributed by atoms with Gasteiger partial charge in [-0.25, -0.2) is 0 Å². The minimum absolute atomic E-state index is 0.747. The van der Waals surface area contributed by atoms with E-state index >= 15 is 0 Å². The van der Waals surface area contributed by atoms with Gasteiger partial charge in [-0.05, 0) is 43.7 Å². The molecule has 20 heavy (non-hydrogen) atoms. The maximum Gasteiger partial charge on any atom is 0.0763 e. The van der Waals surface area contributed by atoms with E-state index in [2.05, 4.69) is 75.2 Å². The van der Waals surface area contributed by atoms with E-state index in [9.17, 15) is 0 Å². The second kappa shape index (κ2) is 5.29. The van der Waals surface area contributed by atoms with Crippen molar-refractivity contribution in [2.45, 2.75) is 20.4 Å². The number of halogens is 1. The van der Waals surface area contributed by atoms with Crippen molar-refractivity contribution in [2.75, 3.05) is 5.43 Å². The molecule has 0 unspecified atom stereocenters. The van der Waals surface area contributed by atoms with Crippen molar-refractivity contribution >= 4 is 26.8 Å². The van der Waals surface area contributed by atoms with Crippen LogP contribution in [0.2, 0.25) is 0 Å². The number of nitrogens with one attached hydrogen (secondary N) is 1. The molecule has 2 heterocycles. The minimum atomic E-state index is 0.747. The summed E-state index contributed by atoms with van der Waals surface area (Å²) < 4.78 is 3.19. The van der Waals surface area contributed by atoms with E-state index in [1.807, 2.05) is 12.3 Å². The summed E-state index contributed by atoms with van der Waals surface area (Å²) in [6.07, 6.45) is 1.84. The van der Waals surface area contributed by atoms with Crippen LogP contribution >= 0.6 is 15.9 Å². The van der Waals surface area contributed by atoms with Crippen molar-refractivity contribution in [1.82, 2.24) is 9.66 Å². The van der Waals surface area contributed by atoms with Crippen LogP contribution in [0.4, 0.5) is 0 Å². The van der Waals surface area contributed by atoms with Crippen molar-refractivity contribution in [3.8, 4) is 0 Å². The molecule has 102 valence electrons. The Morgan fingerprint density at radius 1 is 1.10 bits per heavy atom. The lowest BCUT2D eigenvalue weighted by Crippen LogP contribution is -2.17. The lowest BCUT2D eigenvalue weighted by Gasteiger charge is -2.14. The molecule has 0 saturated carbocycles. The molecule has 4 heteroatoms. The molecule has 0 saturated heterocycles. The van der Waals surface area contributed by atoms with E-state index in [-0.39, 0.29) is 0 Å². The van der Waals surface area contributed by atoms with E-state index in [1.165, 1.54) is 17.0 Å². The van der Waals surface area contributed by atoms with Crippen LogP contribution < -0.4 is 5.43 Å². The van der Waals surface area contributed by atoms with Crippen molar-refractivity contribution < 1.29 is 0 Å². The molecule has 0 atom stereocenters. The fourth-order valence-electron chi connectivity index (χ4n) is 2.42. The summed E-state index contributed by atoms with van der Waals surface area (Å²) in [6, 6.07) is 12.5. The van der Waals surface area contributed by atoms with E-state index in [4.69, 9.17) is 0 Å². The largest absolute Gasteiger partial charge is 0.321 e. The first-order valence-corrected chi connectivity index (χ1v) is 7.37. The molecule has 0 radical (unpaired) electrons. The lowest BCUT2D eigenvalue weighted by atomic mass is 10.1. The highest BCUT2D eigenvalue weighted by Gasteiger charge is 2.06. The quantitative estimate of drug-likeness (QED) is 0.781. The van der Waals surface area contributed by atoms with Gasteiger partial charge in [-0.2, -0.15) is 0 Å². The lowest BCUT2D eigenvalue weighted by molar-refractivity contribution is 0.794. The summed E-state index contributed by atoms with van der Waals surface area (Å²) in [7, 11) is 0. The molecular weight excluding hydrogens is 314 g/mol. The number of aryl methyl sites for hydroxylation is 2. The van der Waals surface area contributed by atoms with Crippen molar-refractivity contribution in [1.29, 1.82) is 0 Å². The van der Waals surface area contributed by atoms with Crippen molar-refractivity contribution in [2.24, 2.45) is 0 Å². The molecule has 1 aromatic carbocycles. The summed E-state index contributed by atoms with van der Waals surface area (Å²) in [5.41, 5.74) is 8.09. The van der Waals surface area contributed by atoms with Gasteiger partial charge < -0.3 is 5.43 Å². The predicted molar refractivity (Wildman–Crippen MR) is 86.4 cm³/mol.